The summed E-state index contributed by atoms with van der Waals surface area (Å²) in [5.41, 5.74) is 2.49. The fourth-order valence-electron chi connectivity index (χ4n) is 3.71. The van der Waals surface area contributed by atoms with Gasteiger partial charge in [0, 0.05) is 38.6 Å². The van der Waals surface area contributed by atoms with Crippen LogP contribution in [0.5, 0.6) is 0 Å². The second-order valence-electron chi connectivity index (χ2n) is 8.42. The molecule has 3 rings (SSSR count). The van der Waals surface area contributed by atoms with E-state index in [9.17, 15) is 4.79 Å². The van der Waals surface area contributed by atoms with Gasteiger partial charge in [-0.1, -0.05) is 52.0 Å². The Hall–Kier alpha value is -2.47. The normalized spacial score (nSPS) is 16.3. The lowest BCUT2D eigenvalue weighted by Gasteiger charge is -2.34. The fourth-order valence-corrected chi connectivity index (χ4v) is 3.71. The zero-order valence-electron chi connectivity index (χ0n) is 18.0. The molecule has 0 radical (unpaired) electrons. The number of benzene rings is 1. The Bertz CT molecular complexity index is 768. The first-order valence-electron chi connectivity index (χ1n) is 10.6. The molecular weight excluding hydrogens is 362 g/mol. The van der Waals surface area contributed by atoms with E-state index in [1.165, 1.54) is 11.1 Å². The van der Waals surface area contributed by atoms with Gasteiger partial charge in [0.15, 0.2) is 0 Å². The number of piperazine rings is 1. The van der Waals surface area contributed by atoms with E-state index in [1.54, 1.807) is 12.4 Å². The molecule has 1 aliphatic heterocycles. The summed E-state index contributed by atoms with van der Waals surface area (Å²) >= 11 is 0. The highest BCUT2D eigenvalue weighted by atomic mass is 16.2. The second-order valence-corrected chi connectivity index (χ2v) is 8.42. The molecule has 6 heteroatoms. The minimum atomic E-state index is 0.0303. The van der Waals surface area contributed by atoms with Crippen molar-refractivity contribution in [2.75, 3.05) is 37.6 Å². The van der Waals surface area contributed by atoms with E-state index < -0.39 is 0 Å². The molecule has 1 aromatic carbocycles. The van der Waals surface area contributed by atoms with E-state index in [2.05, 4.69) is 77.0 Å². The van der Waals surface area contributed by atoms with Gasteiger partial charge in [-0.15, -0.1) is 0 Å². The number of carbonyl (C=O) groups excluding carboxylic acids is 1. The number of nitrogens with zero attached hydrogens (tertiary/aromatic N) is 4. The Labute approximate surface area is 174 Å². The van der Waals surface area contributed by atoms with Crippen molar-refractivity contribution < 1.29 is 4.79 Å². The van der Waals surface area contributed by atoms with Crippen molar-refractivity contribution in [3.8, 4) is 0 Å². The van der Waals surface area contributed by atoms with Crippen molar-refractivity contribution >= 4 is 11.9 Å². The summed E-state index contributed by atoms with van der Waals surface area (Å²) < 4.78 is 0. The van der Waals surface area contributed by atoms with Crippen LogP contribution in [0.2, 0.25) is 0 Å². The Morgan fingerprint density at radius 2 is 1.55 bits per heavy atom. The summed E-state index contributed by atoms with van der Waals surface area (Å²) in [5, 5.41) is 3.25. The molecule has 0 aliphatic carbocycles. The van der Waals surface area contributed by atoms with Crippen LogP contribution in [0.1, 0.15) is 50.8 Å². The minimum absolute atomic E-state index is 0.0303. The fraction of sp³-hybridized carbons (Fsp3) is 0.522. The van der Waals surface area contributed by atoms with Crippen LogP contribution < -0.4 is 10.2 Å². The molecule has 1 amide bonds. The van der Waals surface area contributed by atoms with Gasteiger partial charge in [0.1, 0.15) is 0 Å². The van der Waals surface area contributed by atoms with Crippen molar-refractivity contribution in [1.82, 2.24) is 20.2 Å². The molecule has 1 atom stereocenters. The van der Waals surface area contributed by atoms with Crippen molar-refractivity contribution in [2.24, 2.45) is 5.92 Å². The van der Waals surface area contributed by atoms with Crippen molar-refractivity contribution in [3.63, 3.8) is 0 Å². The summed E-state index contributed by atoms with van der Waals surface area (Å²) in [5.74, 6) is 1.69. The molecule has 2 heterocycles. The minimum Gasteiger partial charge on any atom is -0.348 e. The molecule has 0 unspecified atom stereocenters. The molecule has 1 aromatic heterocycles. The Kier molecular flexibility index (Phi) is 7.20. The average molecular weight is 396 g/mol. The maximum absolute atomic E-state index is 12.7. The number of aromatic nitrogens is 2. The Balaban J connectivity index is 1.53. The predicted octanol–water partition coefficient (Wildman–Crippen LogP) is 3.24. The first kappa shape index (κ1) is 21.2. The molecule has 1 aliphatic rings. The topological polar surface area (TPSA) is 61.4 Å². The summed E-state index contributed by atoms with van der Waals surface area (Å²) in [7, 11) is 0. The summed E-state index contributed by atoms with van der Waals surface area (Å²) in [6.07, 6.45) is 3.53. The first-order valence-corrected chi connectivity index (χ1v) is 10.6. The van der Waals surface area contributed by atoms with Gasteiger partial charge in [-0.05, 0) is 29.0 Å². The smallest absolute Gasteiger partial charge is 0.234 e. The third-order valence-electron chi connectivity index (χ3n) is 5.52. The van der Waals surface area contributed by atoms with Crippen LogP contribution in [0.25, 0.3) is 0 Å². The second kappa shape index (κ2) is 9.83. The van der Waals surface area contributed by atoms with Crippen molar-refractivity contribution in [2.45, 2.75) is 39.7 Å². The molecule has 2 aromatic rings. The monoisotopic (exact) mass is 395 g/mol. The van der Waals surface area contributed by atoms with Crippen molar-refractivity contribution in [3.05, 3.63) is 53.9 Å². The number of amides is 1. The lowest BCUT2D eigenvalue weighted by Crippen LogP contribution is -2.50. The van der Waals surface area contributed by atoms with Gasteiger partial charge >= 0.3 is 0 Å². The van der Waals surface area contributed by atoms with Crippen LogP contribution in [0, 0.1) is 5.92 Å². The van der Waals surface area contributed by atoms with Gasteiger partial charge in [-0.3, -0.25) is 9.69 Å². The van der Waals surface area contributed by atoms with E-state index in [0.717, 1.165) is 32.1 Å². The molecule has 1 saturated heterocycles. The van der Waals surface area contributed by atoms with Gasteiger partial charge in [-0.2, -0.15) is 0 Å². The molecular formula is C23H33N5O. The number of carbonyl (C=O) groups is 1. The standard InChI is InChI=1S/C23H33N5O/c1-17(2)19-6-8-20(9-7-19)22(18(3)4)26-21(29)16-27-12-14-28(15-13-27)23-24-10-5-11-25-23/h5-11,17-18,22H,12-16H2,1-4H3,(H,26,29)/t22-/m0/s1. The molecule has 1 fully saturated rings. The van der Waals surface area contributed by atoms with Gasteiger partial charge in [0.25, 0.3) is 0 Å². The number of hydrogen-bond donors (Lipinski definition) is 1. The summed E-state index contributed by atoms with van der Waals surface area (Å²) in [6, 6.07) is 10.5. The zero-order valence-corrected chi connectivity index (χ0v) is 18.0. The highest BCUT2D eigenvalue weighted by Crippen LogP contribution is 2.24. The summed E-state index contributed by atoms with van der Waals surface area (Å²) in [4.78, 5) is 25.7. The third kappa shape index (κ3) is 5.76. The summed E-state index contributed by atoms with van der Waals surface area (Å²) in [6.45, 7) is 12.5. The van der Waals surface area contributed by atoms with Crippen LogP contribution in [0.3, 0.4) is 0 Å². The lowest BCUT2D eigenvalue weighted by atomic mass is 9.93. The molecule has 29 heavy (non-hydrogen) atoms. The molecule has 156 valence electrons. The molecule has 6 nitrogen and oxygen atoms in total. The van der Waals surface area contributed by atoms with Crippen LogP contribution in [0.15, 0.2) is 42.7 Å². The third-order valence-corrected chi connectivity index (χ3v) is 5.52. The first-order chi connectivity index (χ1) is 13.9. The average Bonchev–Trinajstić information content (AvgIpc) is 2.73. The Morgan fingerprint density at radius 1 is 0.966 bits per heavy atom. The quantitative estimate of drug-likeness (QED) is 0.780. The van der Waals surface area contributed by atoms with E-state index in [1.807, 2.05) is 6.07 Å². The van der Waals surface area contributed by atoms with Crippen LogP contribution in [-0.2, 0) is 4.79 Å². The van der Waals surface area contributed by atoms with Gasteiger partial charge in [-0.25, -0.2) is 9.97 Å². The number of nitrogens with one attached hydrogen (secondary N) is 1. The number of rotatable bonds is 7. The number of anilines is 1. The highest BCUT2D eigenvalue weighted by Gasteiger charge is 2.23. The zero-order chi connectivity index (χ0) is 20.8. The molecule has 0 spiro atoms. The SMILES string of the molecule is CC(C)c1ccc([C@@H](NC(=O)CN2CCN(c3ncccn3)CC2)C(C)C)cc1. The van der Waals surface area contributed by atoms with Gasteiger partial charge in [0.2, 0.25) is 11.9 Å². The molecule has 1 N–H and O–H groups in total. The number of hydrogen-bond acceptors (Lipinski definition) is 5. The molecule has 0 saturated carbocycles. The Morgan fingerprint density at radius 3 is 2.10 bits per heavy atom. The molecule has 0 bridgehead atoms. The van der Waals surface area contributed by atoms with Gasteiger partial charge < -0.3 is 10.2 Å². The van der Waals surface area contributed by atoms with Crippen LogP contribution >= 0.6 is 0 Å². The van der Waals surface area contributed by atoms with E-state index in [0.29, 0.717) is 18.4 Å². The van der Waals surface area contributed by atoms with Crippen molar-refractivity contribution in [1.29, 1.82) is 0 Å². The van der Waals surface area contributed by atoms with Gasteiger partial charge in [0.05, 0.1) is 12.6 Å². The highest BCUT2D eigenvalue weighted by molar-refractivity contribution is 5.78. The maximum Gasteiger partial charge on any atom is 0.234 e. The van der Waals surface area contributed by atoms with E-state index in [4.69, 9.17) is 0 Å². The van der Waals surface area contributed by atoms with E-state index >= 15 is 0 Å². The van der Waals surface area contributed by atoms with Crippen LogP contribution in [0.4, 0.5) is 5.95 Å². The van der Waals surface area contributed by atoms with Crippen LogP contribution in [-0.4, -0.2) is 53.5 Å². The maximum atomic E-state index is 12.7. The lowest BCUT2D eigenvalue weighted by molar-refractivity contribution is -0.123. The largest absolute Gasteiger partial charge is 0.348 e. The van der Waals surface area contributed by atoms with E-state index in [-0.39, 0.29) is 11.9 Å². The predicted molar refractivity (Wildman–Crippen MR) is 117 cm³/mol.